The summed E-state index contributed by atoms with van der Waals surface area (Å²) in [6.45, 7) is 6.40. The van der Waals surface area contributed by atoms with Crippen LogP contribution in [0.2, 0.25) is 10.0 Å². The van der Waals surface area contributed by atoms with Gasteiger partial charge in [0.25, 0.3) is 5.91 Å². The normalized spacial score (nSPS) is 11.8. The number of carbonyl (C=O) groups excluding carboxylic acids is 1. The molecule has 1 aromatic heterocycles. The van der Waals surface area contributed by atoms with E-state index in [1.165, 1.54) is 16.9 Å². The minimum Gasteiger partial charge on any atom is -0.297 e. The number of hydrogen-bond acceptors (Lipinski definition) is 4. The molecule has 0 unspecified atom stereocenters. The molecule has 3 aromatic rings. The van der Waals surface area contributed by atoms with Crippen LogP contribution >= 0.6 is 34.5 Å². The Morgan fingerprint density at radius 3 is 2.52 bits per heavy atom. The average molecular weight is 470 g/mol. The van der Waals surface area contributed by atoms with Crippen LogP contribution in [0.25, 0.3) is 6.08 Å². The summed E-state index contributed by atoms with van der Waals surface area (Å²) in [5.41, 5.74) is 2.95. The zero-order valence-electron chi connectivity index (χ0n) is 17.4. The molecule has 1 heterocycles. The quantitative estimate of drug-likeness (QED) is 0.326. The number of anilines is 1. The second-order valence-electron chi connectivity index (χ2n) is 8.04. The summed E-state index contributed by atoms with van der Waals surface area (Å²) in [6.07, 6.45) is 3.83. The van der Waals surface area contributed by atoms with Crippen LogP contribution in [0, 0.1) is 11.3 Å². The maximum absolute atomic E-state index is 12.6. The van der Waals surface area contributed by atoms with Crippen molar-refractivity contribution in [2.75, 3.05) is 5.32 Å². The molecule has 31 heavy (non-hydrogen) atoms. The van der Waals surface area contributed by atoms with Crippen LogP contribution in [0.5, 0.6) is 0 Å². The first-order valence-corrected chi connectivity index (χ1v) is 11.2. The van der Waals surface area contributed by atoms with E-state index in [0.717, 1.165) is 16.0 Å². The molecule has 0 aliphatic rings. The molecule has 0 radical (unpaired) electrons. The van der Waals surface area contributed by atoms with Gasteiger partial charge in [-0.2, -0.15) is 5.26 Å². The van der Waals surface area contributed by atoms with Crippen LogP contribution in [-0.2, 0) is 16.6 Å². The molecule has 0 bridgehead atoms. The molecule has 7 heteroatoms. The molecule has 0 atom stereocenters. The highest BCUT2D eigenvalue weighted by Crippen LogP contribution is 2.27. The second kappa shape index (κ2) is 9.65. The topological polar surface area (TPSA) is 65.8 Å². The highest BCUT2D eigenvalue weighted by Gasteiger charge is 2.15. The molecule has 0 spiro atoms. The number of aromatic nitrogens is 1. The van der Waals surface area contributed by atoms with Crippen molar-refractivity contribution in [3.8, 4) is 6.07 Å². The van der Waals surface area contributed by atoms with Crippen LogP contribution in [0.15, 0.2) is 54.2 Å². The molecule has 2 aromatic carbocycles. The van der Waals surface area contributed by atoms with Gasteiger partial charge in [-0.15, -0.1) is 11.3 Å². The number of rotatable bonds is 5. The van der Waals surface area contributed by atoms with E-state index in [1.54, 1.807) is 24.4 Å². The highest BCUT2D eigenvalue weighted by molar-refractivity contribution is 7.15. The summed E-state index contributed by atoms with van der Waals surface area (Å²) < 4.78 is 0. The van der Waals surface area contributed by atoms with Crippen molar-refractivity contribution in [3.05, 3.63) is 85.8 Å². The molecule has 0 aliphatic heterocycles. The van der Waals surface area contributed by atoms with Crippen molar-refractivity contribution >= 4 is 51.7 Å². The zero-order valence-corrected chi connectivity index (χ0v) is 19.7. The SMILES string of the molecule is CC(C)(C)c1ccc(C=C(C#N)C(=O)Nc2ncc(Cc3ccc(Cl)cc3Cl)s2)cc1. The van der Waals surface area contributed by atoms with Crippen LogP contribution in [0.3, 0.4) is 0 Å². The van der Waals surface area contributed by atoms with Crippen molar-refractivity contribution < 1.29 is 4.79 Å². The summed E-state index contributed by atoms with van der Waals surface area (Å²) in [7, 11) is 0. The fraction of sp³-hybridized carbons (Fsp3) is 0.208. The van der Waals surface area contributed by atoms with E-state index in [9.17, 15) is 10.1 Å². The molecule has 4 nitrogen and oxygen atoms in total. The Balaban J connectivity index is 1.70. The predicted octanol–water partition coefficient (Wildman–Crippen LogP) is 6.88. The smallest absolute Gasteiger partial charge is 0.268 e. The van der Waals surface area contributed by atoms with E-state index in [1.807, 2.05) is 36.4 Å². The second-order valence-corrected chi connectivity index (χ2v) is 10.00. The molecular formula is C24H21Cl2N3OS. The van der Waals surface area contributed by atoms with Gasteiger partial charge in [0, 0.05) is 27.5 Å². The summed E-state index contributed by atoms with van der Waals surface area (Å²) in [6, 6.07) is 15.1. The third-order valence-corrected chi connectivity index (χ3v) is 6.11. The first-order chi connectivity index (χ1) is 14.7. The Morgan fingerprint density at radius 1 is 1.19 bits per heavy atom. The lowest BCUT2D eigenvalue weighted by atomic mass is 9.86. The number of nitriles is 1. The maximum Gasteiger partial charge on any atom is 0.268 e. The summed E-state index contributed by atoms with van der Waals surface area (Å²) in [4.78, 5) is 17.7. The lowest BCUT2D eigenvalue weighted by molar-refractivity contribution is -0.112. The Bertz CT molecular complexity index is 1170. The number of halogens is 2. The van der Waals surface area contributed by atoms with Crippen molar-refractivity contribution in [1.82, 2.24) is 4.98 Å². The summed E-state index contributed by atoms with van der Waals surface area (Å²) in [5.74, 6) is -0.493. The van der Waals surface area contributed by atoms with Crippen molar-refractivity contribution in [3.63, 3.8) is 0 Å². The van der Waals surface area contributed by atoms with Gasteiger partial charge in [0.05, 0.1) is 0 Å². The van der Waals surface area contributed by atoms with Crippen LogP contribution < -0.4 is 5.32 Å². The highest BCUT2D eigenvalue weighted by atomic mass is 35.5. The van der Waals surface area contributed by atoms with E-state index in [0.29, 0.717) is 21.6 Å². The van der Waals surface area contributed by atoms with Gasteiger partial charge in [-0.05, 0) is 40.3 Å². The maximum atomic E-state index is 12.6. The Kier molecular flexibility index (Phi) is 7.17. The predicted molar refractivity (Wildman–Crippen MR) is 129 cm³/mol. The molecule has 158 valence electrons. The Morgan fingerprint density at radius 2 is 1.90 bits per heavy atom. The molecule has 0 saturated carbocycles. The number of hydrogen-bond donors (Lipinski definition) is 1. The van der Waals surface area contributed by atoms with Gasteiger partial charge in [-0.3, -0.25) is 10.1 Å². The van der Waals surface area contributed by atoms with Gasteiger partial charge in [-0.25, -0.2) is 4.98 Å². The van der Waals surface area contributed by atoms with Crippen LogP contribution in [0.4, 0.5) is 5.13 Å². The van der Waals surface area contributed by atoms with E-state index in [-0.39, 0.29) is 11.0 Å². The molecule has 1 amide bonds. The average Bonchev–Trinajstić information content (AvgIpc) is 3.14. The molecule has 3 rings (SSSR count). The van der Waals surface area contributed by atoms with E-state index in [2.05, 4.69) is 31.1 Å². The van der Waals surface area contributed by atoms with Gasteiger partial charge < -0.3 is 0 Å². The number of thiazole rings is 1. The van der Waals surface area contributed by atoms with Gasteiger partial charge in [0.15, 0.2) is 5.13 Å². The van der Waals surface area contributed by atoms with E-state index < -0.39 is 5.91 Å². The minimum atomic E-state index is -0.493. The molecule has 1 N–H and O–H groups in total. The number of carbonyl (C=O) groups is 1. The van der Waals surface area contributed by atoms with Gasteiger partial charge in [0.1, 0.15) is 11.6 Å². The standard InChI is InChI=1S/C24H21Cl2N3OS/c1-24(2,3)18-7-4-15(5-8-18)10-17(13-27)22(30)29-23-28-14-20(31-23)11-16-6-9-19(25)12-21(16)26/h4-10,12,14H,11H2,1-3H3,(H,28,29,30). The number of amides is 1. The summed E-state index contributed by atoms with van der Waals surface area (Å²) >= 11 is 13.5. The van der Waals surface area contributed by atoms with Crippen molar-refractivity contribution in [1.29, 1.82) is 5.26 Å². The van der Waals surface area contributed by atoms with Crippen LogP contribution in [0.1, 0.15) is 42.3 Å². The first kappa shape index (κ1) is 23.0. The van der Waals surface area contributed by atoms with E-state index >= 15 is 0 Å². The third-order valence-electron chi connectivity index (χ3n) is 4.61. The number of nitrogens with zero attached hydrogens (tertiary/aromatic N) is 2. The van der Waals surface area contributed by atoms with Gasteiger partial charge in [-0.1, -0.05) is 74.3 Å². The van der Waals surface area contributed by atoms with Gasteiger partial charge in [0.2, 0.25) is 0 Å². The minimum absolute atomic E-state index is 0.0148. The third kappa shape index (κ3) is 6.18. The largest absolute Gasteiger partial charge is 0.297 e. The van der Waals surface area contributed by atoms with E-state index in [4.69, 9.17) is 23.2 Å². The lowest BCUT2D eigenvalue weighted by Crippen LogP contribution is -2.13. The number of nitrogens with one attached hydrogen (secondary N) is 1. The van der Waals surface area contributed by atoms with Crippen LogP contribution in [-0.4, -0.2) is 10.9 Å². The van der Waals surface area contributed by atoms with Gasteiger partial charge >= 0.3 is 0 Å². The summed E-state index contributed by atoms with van der Waals surface area (Å²) in [5, 5.41) is 13.7. The molecule has 0 saturated heterocycles. The fourth-order valence-corrected chi connectivity index (χ4v) is 4.16. The monoisotopic (exact) mass is 469 g/mol. The van der Waals surface area contributed by atoms with Crippen molar-refractivity contribution in [2.45, 2.75) is 32.6 Å². The lowest BCUT2D eigenvalue weighted by Gasteiger charge is -2.18. The Labute approximate surface area is 196 Å². The number of benzene rings is 2. The molecule has 0 fully saturated rings. The van der Waals surface area contributed by atoms with Crippen molar-refractivity contribution in [2.24, 2.45) is 0 Å². The fourth-order valence-electron chi connectivity index (χ4n) is 2.86. The zero-order chi connectivity index (χ0) is 22.6. The first-order valence-electron chi connectivity index (χ1n) is 9.58. The molecular weight excluding hydrogens is 449 g/mol. The Hall–Kier alpha value is -2.65. The molecule has 0 aliphatic carbocycles.